The summed E-state index contributed by atoms with van der Waals surface area (Å²) in [5.74, 6) is 2.68. The highest BCUT2D eigenvalue weighted by molar-refractivity contribution is 7.99. The van der Waals surface area contributed by atoms with Crippen LogP contribution in [0.15, 0.2) is 59.3 Å². The topological polar surface area (TPSA) is 49.7 Å². The Morgan fingerprint density at radius 2 is 1.89 bits per heavy atom. The van der Waals surface area contributed by atoms with Crippen molar-refractivity contribution in [1.82, 2.24) is 0 Å². The molecule has 3 aliphatic rings. The van der Waals surface area contributed by atoms with Gasteiger partial charge in [0.05, 0.1) is 17.8 Å². The van der Waals surface area contributed by atoms with Crippen molar-refractivity contribution >= 4 is 20.1 Å². The zero-order valence-electron chi connectivity index (χ0n) is 24.3. The molecule has 2 saturated carbocycles. The molecule has 0 unspecified atom stereocenters. The minimum absolute atomic E-state index is 0.189. The zero-order chi connectivity index (χ0) is 27.3. The molecular formula is C32H52O3SSi. The maximum Gasteiger partial charge on any atom is 0.193 e. The van der Waals surface area contributed by atoms with Gasteiger partial charge in [-0.15, -0.1) is 0 Å². The molecule has 0 bridgehead atoms. The largest absolute Gasteiger partial charge is 0.409 e. The third-order valence-electron chi connectivity index (χ3n) is 9.38. The van der Waals surface area contributed by atoms with Crippen LogP contribution in [0.1, 0.15) is 80.1 Å². The molecule has 2 fully saturated rings. The monoisotopic (exact) mass is 544 g/mol. The second-order valence-electron chi connectivity index (χ2n) is 12.2. The second kappa shape index (κ2) is 13.0. The number of thioether (sulfide) groups is 1. The lowest BCUT2D eigenvalue weighted by atomic mass is 9.64. The first-order valence-corrected chi connectivity index (χ1v) is 18.3. The van der Waals surface area contributed by atoms with Gasteiger partial charge in [0.15, 0.2) is 8.32 Å². The van der Waals surface area contributed by atoms with Gasteiger partial charge in [-0.25, -0.2) is 0 Å². The van der Waals surface area contributed by atoms with Crippen LogP contribution >= 0.6 is 11.8 Å². The molecule has 3 rings (SSSR count). The van der Waals surface area contributed by atoms with E-state index >= 15 is 0 Å². The number of fused-ring (bicyclic) bond motifs is 1. The summed E-state index contributed by atoms with van der Waals surface area (Å²) < 4.78 is 6.72. The molecule has 0 amide bonds. The Bertz CT molecular complexity index is 918. The Labute approximate surface area is 232 Å². The number of hydrogen-bond acceptors (Lipinski definition) is 4. The van der Waals surface area contributed by atoms with Gasteiger partial charge in [0.2, 0.25) is 0 Å². The maximum absolute atomic E-state index is 10.2. The van der Waals surface area contributed by atoms with E-state index in [2.05, 4.69) is 78.5 Å². The molecule has 4 atom stereocenters. The third-order valence-corrected chi connectivity index (χ3v) is 15.1. The fourth-order valence-corrected chi connectivity index (χ4v) is 10.9. The van der Waals surface area contributed by atoms with E-state index in [0.29, 0.717) is 18.8 Å². The van der Waals surface area contributed by atoms with E-state index in [4.69, 9.17) is 4.43 Å². The SMILES string of the molecule is C=C1C(=CC=C2CCC[C@]3(C)C(CSC/C=C\C(C)(C)O[Si](CC)(CC)CC)=CC[C@@H]23)C[C@@H](O)C[C@@H]1O. The summed E-state index contributed by atoms with van der Waals surface area (Å²) in [6.07, 6.45) is 16.2. The van der Waals surface area contributed by atoms with E-state index in [1.807, 2.05) is 11.8 Å². The summed E-state index contributed by atoms with van der Waals surface area (Å²) in [5.41, 5.74) is 4.98. The van der Waals surface area contributed by atoms with Crippen LogP contribution in [-0.4, -0.2) is 47.8 Å². The molecule has 0 saturated heterocycles. The molecule has 0 aromatic rings. The lowest BCUT2D eigenvalue weighted by Gasteiger charge is -2.41. The molecule has 0 aromatic carbocycles. The smallest absolute Gasteiger partial charge is 0.193 e. The van der Waals surface area contributed by atoms with Crippen molar-refractivity contribution in [2.24, 2.45) is 11.3 Å². The molecule has 0 heterocycles. The minimum Gasteiger partial charge on any atom is -0.409 e. The van der Waals surface area contributed by atoms with Gasteiger partial charge in [-0.05, 0) is 86.6 Å². The molecular weight excluding hydrogens is 493 g/mol. The standard InChI is InChI=1S/C32H52O3SSi/c1-8-37(9-2,10-3)35-31(5,6)18-12-20-36-23-27-16-17-29-25(13-11-19-32(27,29)7)14-15-26-21-28(33)22-30(34)24(26)4/h12,14-16,18,28-30,33-34H,4,8-11,13,17,19-23H2,1-3,5-7H3/b18-12-,25-14?,26-15?/t28-,29+,30+,32-/m1/s1. The average Bonchev–Trinajstić information content (AvgIpc) is 3.20. The zero-order valence-corrected chi connectivity index (χ0v) is 26.1. The van der Waals surface area contributed by atoms with Crippen molar-refractivity contribution in [2.45, 2.75) is 116 Å². The fourth-order valence-electron chi connectivity index (χ4n) is 6.72. The first-order chi connectivity index (χ1) is 17.5. The number of aliphatic hydroxyl groups is 2. The Kier molecular flexibility index (Phi) is 10.8. The molecule has 3 aliphatic carbocycles. The summed E-state index contributed by atoms with van der Waals surface area (Å²) >= 11 is 2.02. The van der Waals surface area contributed by atoms with E-state index in [-0.39, 0.29) is 11.0 Å². The van der Waals surface area contributed by atoms with Crippen molar-refractivity contribution in [3.8, 4) is 0 Å². The molecule has 208 valence electrons. The Balaban J connectivity index is 1.57. The van der Waals surface area contributed by atoms with Gasteiger partial charge >= 0.3 is 0 Å². The highest BCUT2D eigenvalue weighted by Gasteiger charge is 2.44. The van der Waals surface area contributed by atoms with Crippen molar-refractivity contribution in [3.63, 3.8) is 0 Å². The minimum atomic E-state index is -1.61. The summed E-state index contributed by atoms with van der Waals surface area (Å²) in [7, 11) is -1.61. The molecule has 37 heavy (non-hydrogen) atoms. The van der Waals surface area contributed by atoms with E-state index < -0.39 is 20.5 Å². The van der Waals surface area contributed by atoms with Gasteiger partial charge in [0.1, 0.15) is 0 Å². The first-order valence-electron chi connectivity index (χ1n) is 14.6. The van der Waals surface area contributed by atoms with Gasteiger partial charge in [0, 0.05) is 17.9 Å². The third kappa shape index (κ3) is 7.42. The van der Waals surface area contributed by atoms with Crippen molar-refractivity contribution in [2.75, 3.05) is 11.5 Å². The number of allylic oxidation sites excluding steroid dienone is 4. The van der Waals surface area contributed by atoms with E-state index in [9.17, 15) is 10.2 Å². The fraction of sp³-hybridized carbons (Fsp3) is 0.688. The predicted molar refractivity (Wildman–Crippen MR) is 164 cm³/mol. The lowest BCUT2D eigenvalue weighted by molar-refractivity contribution is 0.0862. The molecule has 5 heteroatoms. The summed E-state index contributed by atoms with van der Waals surface area (Å²) in [5, 5.41) is 20.3. The van der Waals surface area contributed by atoms with Gasteiger partial charge in [-0.2, -0.15) is 11.8 Å². The van der Waals surface area contributed by atoms with Crippen molar-refractivity contribution < 1.29 is 14.6 Å². The van der Waals surface area contributed by atoms with Crippen LogP contribution in [-0.2, 0) is 4.43 Å². The van der Waals surface area contributed by atoms with E-state index in [1.54, 1.807) is 5.57 Å². The van der Waals surface area contributed by atoms with E-state index in [0.717, 1.165) is 35.5 Å². The highest BCUT2D eigenvalue weighted by Crippen LogP contribution is 2.55. The Morgan fingerprint density at radius 1 is 1.19 bits per heavy atom. The van der Waals surface area contributed by atoms with Crippen LogP contribution in [0.3, 0.4) is 0 Å². The Morgan fingerprint density at radius 3 is 2.57 bits per heavy atom. The number of aliphatic hydroxyl groups excluding tert-OH is 2. The van der Waals surface area contributed by atoms with Crippen LogP contribution in [0, 0.1) is 11.3 Å². The molecule has 0 spiro atoms. The molecule has 0 radical (unpaired) electrons. The van der Waals surface area contributed by atoms with Gasteiger partial charge < -0.3 is 14.6 Å². The average molecular weight is 545 g/mol. The van der Waals surface area contributed by atoms with E-state index in [1.165, 1.54) is 36.5 Å². The second-order valence-corrected chi connectivity index (χ2v) is 17.9. The van der Waals surface area contributed by atoms with Gasteiger partial charge in [-0.1, -0.05) is 75.8 Å². The maximum atomic E-state index is 10.2. The van der Waals surface area contributed by atoms with Crippen molar-refractivity contribution in [3.05, 3.63) is 59.3 Å². The normalized spacial score (nSPS) is 31.4. The first kappa shape index (κ1) is 30.7. The quantitative estimate of drug-likeness (QED) is 0.157. The van der Waals surface area contributed by atoms with Crippen LogP contribution in [0.2, 0.25) is 18.1 Å². The summed E-state index contributed by atoms with van der Waals surface area (Å²) in [4.78, 5) is 0. The van der Waals surface area contributed by atoms with Gasteiger partial charge in [-0.3, -0.25) is 0 Å². The van der Waals surface area contributed by atoms with Gasteiger partial charge in [0.25, 0.3) is 0 Å². The molecule has 0 aromatic heterocycles. The summed E-state index contributed by atoms with van der Waals surface area (Å²) in [6.45, 7) is 17.9. The summed E-state index contributed by atoms with van der Waals surface area (Å²) in [6, 6.07) is 3.56. The lowest BCUT2D eigenvalue weighted by Crippen LogP contribution is -2.43. The number of hydrogen-bond donors (Lipinski definition) is 2. The van der Waals surface area contributed by atoms with Crippen LogP contribution < -0.4 is 0 Å². The molecule has 3 nitrogen and oxygen atoms in total. The van der Waals surface area contributed by atoms with Crippen LogP contribution in [0.5, 0.6) is 0 Å². The predicted octanol–water partition coefficient (Wildman–Crippen LogP) is 8.14. The molecule has 0 aliphatic heterocycles. The highest BCUT2D eigenvalue weighted by atomic mass is 32.2. The molecule has 2 N–H and O–H groups in total. The number of rotatable bonds is 11. The Hall–Kier alpha value is -0.853. The van der Waals surface area contributed by atoms with Crippen LogP contribution in [0.4, 0.5) is 0 Å². The van der Waals surface area contributed by atoms with Crippen molar-refractivity contribution in [1.29, 1.82) is 0 Å². The van der Waals surface area contributed by atoms with Crippen LogP contribution in [0.25, 0.3) is 0 Å².